The molecule has 180 valence electrons. The maximum atomic E-state index is 11.7. The van der Waals surface area contributed by atoms with Gasteiger partial charge in [0.25, 0.3) is 5.91 Å². The molecule has 7 nitrogen and oxygen atoms in total. The number of hydrogen-bond donors (Lipinski definition) is 2. The van der Waals surface area contributed by atoms with Crippen LogP contribution in [-0.4, -0.2) is 68.5 Å². The summed E-state index contributed by atoms with van der Waals surface area (Å²) in [6.07, 6.45) is 2.43. The van der Waals surface area contributed by atoms with Gasteiger partial charge in [0.1, 0.15) is 5.75 Å². The molecule has 0 aliphatic carbocycles. The molecular weight excluding hydrogens is 529 g/mol. The van der Waals surface area contributed by atoms with Crippen molar-refractivity contribution in [2.75, 3.05) is 40.8 Å². The third-order valence-corrected chi connectivity index (χ3v) is 5.68. The van der Waals surface area contributed by atoms with Gasteiger partial charge in [-0.3, -0.25) is 14.7 Å². The van der Waals surface area contributed by atoms with Crippen molar-refractivity contribution in [1.82, 2.24) is 20.4 Å². The van der Waals surface area contributed by atoms with Crippen molar-refractivity contribution in [3.05, 3.63) is 65.7 Å². The van der Waals surface area contributed by atoms with Crippen molar-refractivity contribution >= 4 is 35.8 Å². The van der Waals surface area contributed by atoms with Crippen molar-refractivity contribution in [3.8, 4) is 5.75 Å². The minimum absolute atomic E-state index is 0. The largest absolute Gasteiger partial charge is 0.484 e. The van der Waals surface area contributed by atoms with E-state index in [0.29, 0.717) is 18.3 Å². The van der Waals surface area contributed by atoms with Crippen LogP contribution in [0.3, 0.4) is 0 Å². The van der Waals surface area contributed by atoms with Crippen molar-refractivity contribution in [2.24, 2.45) is 4.99 Å². The zero-order chi connectivity index (χ0) is 22.8. The fraction of sp³-hybridized carbons (Fsp3) is 0.440. The van der Waals surface area contributed by atoms with Crippen LogP contribution in [0.1, 0.15) is 24.0 Å². The summed E-state index contributed by atoms with van der Waals surface area (Å²) in [4.78, 5) is 20.2. The van der Waals surface area contributed by atoms with E-state index in [2.05, 4.69) is 50.9 Å². The molecule has 2 aromatic carbocycles. The van der Waals surface area contributed by atoms with Crippen molar-refractivity contribution in [1.29, 1.82) is 0 Å². The first-order valence-corrected chi connectivity index (χ1v) is 11.2. The molecule has 1 aliphatic heterocycles. The minimum Gasteiger partial charge on any atom is -0.484 e. The summed E-state index contributed by atoms with van der Waals surface area (Å²) in [6, 6.07) is 18.9. The van der Waals surface area contributed by atoms with E-state index in [9.17, 15) is 4.79 Å². The molecule has 1 amide bonds. The van der Waals surface area contributed by atoms with E-state index >= 15 is 0 Å². The molecule has 1 unspecified atom stereocenters. The Balaban J connectivity index is 0.00000385. The minimum atomic E-state index is -0.0636. The van der Waals surface area contributed by atoms with Gasteiger partial charge in [0.15, 0.2) is 12.6 Å². The number of amides is 1. The summed E-state index contributed by atoms with van der Waals surface area (Å²) in [6.45, 7) is 3.64. The quantitative estimate of drug-likeness (QED) is 0.278. The highest BCUT2D eigenvalue weighted by Gasteiger charge is 2.24. The van der Waals surface area contributed by atoms with Crippen LogP contribution in [0.4, 0.5) is 0 Å². The summed E-state index contributed by atoms with van der Waals surface area (Å²) >= 11 is 0. The van der Waals surface area contributed by atoms with Gasteiger partial charge in [-0.2, -0.15) is 0 Å². The van der Waals surface area contributed by atoms with Gasteiger partial charge in [0.2, 0.25) is 0 Å². The Labute approximate surface area is 214 Å². The Morgan fingerprint density at radius 2 is 1.88 bits per heavy atom. The van der Waals surface area contributed by atoms with Crippen LogP contribution in [0.25, 0.3) is 0 Å². The van der Waals surface area contributed by atoms with Crippen LogP contribution in [0.2, 0.25) is 0 Å². The molecule has 8 heteroatoms. The lowest BCUT2D eigenvalue weighted by Gasteiger charge is -2.25. The first-order valence-electron chi connectivity index (χ1n) is 11.2. The number of likely N-dealkylation sites (N-methyl/N-ethyl adjacent to an activating group) is 1. The van der Waals surface area contributed by atoms with Crippen LogP contribution >= 0.6 is 24.0 Å². The molecule has 2 aromatic rings. The standard InChI is InChI=1S/C25H35N5O2.HI/c1-26-25(27-16-21-11-7-13-23(15-21)32-19-24(31)29(2)3)28-17-22-12-8-14-30(22)18-20-9-5-4-6-10-20;/h4-7,9-11,13,15,22H,8,12,14,16-19H2,1-3H3,(H2,26,27,28);1H. The Morgan fingerprint density at radius 3 is 2.61 bits per heavy atom. The molecular formula is C25H36IN5O2. The van der Waals surface area contributed by atoms with Gasteiger partial charge in [-0.25, -0.2) is 0 Å². The second-order valence-corrected chi connectivity index (χ2v) is 8.28. The van der Waals surface area contributed by atoms with Crippen LogP contribution in [-0.2, 0) is 17.9 Å². The van der Waals surface area contributed by atoms with Crippen molar-refractivity contribution in [2.45, 2.75) is 32.0 Å². The first kappa shape index (κ1) is 26.9. The number of nitrogens with one attached hydrogen (secondary N) is 2. The van der Waals surface area contributed by atoms with Gasteiger partial charge in [0, 0.05) is 46.8 Å². The molecule has 2 N–H and O–H groups in total. The van der Waals surface area contributed by atoms with Crippen molar-refractivity contribution in [3.63, 3.8) is 0 Å². The number of likely N-dealkylation sites (tertiary alicyclic amines) is 1. The average molecular weight is 566 g/mol. The zero-order valence-electron chi connectivity index (χ0n) is 19.8. The third-order valence-electron chi connectivity index (χ3n) is 5.68. The summed E-state index contributed by atoms with van der Waals surface area (Å²) in [7, 11) is 5.23. The maximum Gasteiger partial charge on any atom is 0.259 e. The Morgan fingerprint density at radius 1 is 1.12 bits per heavy atom. The Bertz CT molecular complexity index is 891. The van der Waals surface area contributed by atoms with E-state index in [-0.39, 0.29) is 36.5 Å². The highest BCUT2D eigenvalue weighted by molar-refractivity contribution is 14.0. The van der Waals surface area contributed by atoms with E-state index in [4.69, 9.17) is 4.74 Å². The number of rotatable bonds is 9. The SMILES string of the molecule is CN=C(NCc1cccc(OCC(=O)N(C)C)c1)NCC1CCCN1Cc1ccccc1.I. The number of aliphatic imine (C=N–C) groups is 1. The topological polar surface area (TPSA) is 69.2 Å². The number of halogens is 1. The molecule has 0 aromatic heterocycles. The lowest BCUT2D eigenvalue weighted by molar-refractivity contribution is -0.130. The van der Waals surface area contributed by atoms with E-state index in [1.165, 1.54) is 23.3 Å². The molecule has 1 heterocycles. The van der Waals surface area contributed by atoms with Crippen LogP contribution in [0, 0.1) is 0 Å². The van der Waals surface area contributed by atoms with Gasteiger partial charge in [-0.1, -0.05) is 42.5 Å². The fourth-order valence-electron chi connectivity index (χ4n) is 3.79. The van der Waals surface area contributed by atoms with Crippen molar-refractivity contribution < 1.29 is 9.53 Å². The number of carbonyl (C=O) groups is 1. The predicted octanol–water partition coefficient (Wildman–Crippen LogP) is 3.10. The predicted molar refractivity (Wildman–Crippen MR) is 144 cm³/mol. The van der Waals surface area contributed by atoms with Gasteiger partial charge >= 0.3 is 0 Å². The van der Waals surface area contributed by atoms with E-state index in [1.807, 2.05) is 24.3 Å². The fourth-order valence-corrected chi connectivity index (χ4v) is 3.79. The molecule has 1 fully saturated rings. The van der Waals surface area contributed by atoms with Crippen LogP contribution in [0.15, 0.2) is 59.6 Å². The van der Waals surface area contributed by atoms with E-state index < -0.39 is 0 Å². The average Bonchev–Trinajstić information content (AvgIpc) is 3.25. The summed E-state index contributed by atoms with van der Waals surface area (Å²) < 4.78 is 5.61. The van der Waals surface area contributed by atoms with Gasteiger partial charge in [0.05, 0.1) is 0 Å². The highest BCUT2D eigenvalue weighted by atomic mass is 127. The first-order chi connectivity index (χ1) is 15.5. The molecule has 3 rings (SSSR count). The smallest absolute Gasteiger partial charge is 0.259 e. The van der Waals surface area contributed by atoms with Gasteiger partial charge in [-0.15, -0.1) is 24.0 Å². The number of benzene rings is 2. The van der Waals surface area contributed by atoms with E-state index in [0.717, 1.165) is 31.2 Å². The molecule has 1 aliphatic rings. The molecule has 0 spiro atoms. The van der Waals surface area contributed by atoms with Crippen LogP contribution < -0.4 is 15.4 Å². The Hall–Kier alpha value is -2.33. The normalized spacial score (nSPS) is 16.1. The monoisotopic (exact) mass is 565 g/mol. The summed E-state index contributed by atoms with van der Waals surface area (Å²) in [5.41, 5.74) is 2.42. The zero-order valence-corrected chi connectivity index (χ0v) is 22.1. The maximum absolute atomic E-state index is 11.7. The molecule has 1 atom stereocenters. The summed E-state index contributed by atoms with van der Waals surface area (Å²) in [5.74, 6) is 1.40. The third kappa shape index (κ3) is 8.85. The number of hydrogen-bond acceptors (Lipinski definition) is 4. The van der Waals surface area contributed by atoms with E-state index in [1.54, 1.807) is 21.1 Å². The van der Waals surface area contributed by atoms with Gasteiger partial charge in [-0.05, 0) is 42.6 Å². The number of nitrogens with zero attached hydrogens (tertiary/aromatic N) is 3. The summed E-state index contributed by atoms with van der Waals surface area (Å²) in [5, 5.41) is 6.85. The molecule has 33 heavy (non-hydrogen) atoms. The highest BCUT2D eigenvalue weighted by Crippen LogP contribution is 2.19. The Kier molecular flexibility index (Phi) is 11.5. The lowest BCUT2D eigenvalue weighted by Crippen LogP contribution is -2.44. The lowest BCUT2D eigenvalue weighted by atomic mass is 10.2. The molecule has 1 saturated heterocycles. The number of guanidine groups is 1. The molecule has 0 saturated carbocycles. The second kappa shape index (κ2) is 14.0. The number of ether oxygens (including phenoxy) is 1. The van der Waals surface area contributed by atoms with Gasteiger partial charge < -0.3 is 20.3 Å². The molecule has 0 bridgehead atoms. The van der Waals surface area contributed by atoms with Crippen LogP contribution in [0.5, 0.6) is 5.75 Å². The molecule has 0 radical (unpaired) electrons. The number of carbonyl (C=O) groups excluding carboxylic acids is 1. The second-order valence-electron chi connectivity index (χ2n) is 8.28.